The van der Waals surface area contributed by atoms with Gasteiger partial charge in [0.2, 0.25) is 0 Å². The molecule has 3 nitrogen and oxygen atoms in total. The zero-order valence-electron chi connectivity index (χ0n) is 11.1. The van der Waals surface area contributed by atoms with Crippen LogP contribution in [0.2, 0.25) is 0 Å². The number of carbonyl (C=O) groups excluding carboxylic acids is 1. The van der Waals surface area contributed by atoms with E-state index in [1.54, 1.807) is 4.90 Å². The molecule has 102 valence electrons. The quantitative estimate of drug-likeness (QED) is 0.748. The first kappa shape index (κ1) is 13.4. The minimum atomic E-state index is 0.000932. The van der Waals surface area contributed by atoms with Gasteiger partial charge in [0, 0.05) is 3.57 Å². The number of ether oxygens (including phenoxy) is 1. The van der Waals surface area contributed by atoms with E-state index in [-0.39, 0.29) is 12.5 Å². The summed E-state index contributed by atoms with van der Waals surface area (Å²) >= 11 is 2.25. The summed E-state index contributed by atoms with van der Waals surface area (Å²) in [5.41, 5.74) is 3.19. The molecule has 20 heavy (non-hydrogen) atoms. The van der Waals surface area contributed by atoms with E-state index >= 15 is 0 Å². The Morgan fingerprint density at radius 3 is 2.90 bits per heavy atom. The molecule has 0 spiro atoms. The van der Waals surface area contributed by atoms with E-state index in [2.05, 4.69) is 41.6 Å². The van der Waals surface area contributed by atoms with Gasteiger partial charge in [-0.05, 0) is 53.3 Å². The van der Waals surface area contributed by atoms with Gasteiger partial charge in [0.05, 0.1) is 12.2 Å². The minimum absolute atomic E-state index is 0.000932. The third-order valence-electron chi connectivity index (χ3n) is 3.29. The number of hydrogen-bond acceptors (Lipinski definition) is 2. The summed E-state index contributed by atoms with van der Waals surface area (Å²) in [5, 5.41) is 0. The van der Waals surface area contributed by atoms with Gasteiger partial charge in [-0.2, -0.15) is 0 Å². The van der Waals surface area contributed by atoms with Crippen LogP contribution in [0.4, 0.5) is 5.69 Å². The Morgan fingerprint density at radius 2 is 2.10 bits per heavy atom. The van der Waals surface area contributed by atoms with Gasteiger partial charge >= 0.3 is 0 Å². The van der Waals surface area contributed by atoms with Crippen LogP contribution in [-0.4, -0.2) is 12.5 Å². The summed E-state index contributed by atoms with van der Waals surface area (Å²) < 4.78 is 6.58. The summed E-state index contributed by atoms with van der Waals surface area (Å²) in [7, 11) is 0. The van der Waals surface area contributed by atoms with Crippen LogP contribution in [0.5, 0.6) is 5.75 Å². The number of anilines is 1. The van der Waals surface area contributed by atoms with Gasteiger partial charge in [-0.15, -0.1) is 0 Å². The highest BCUT2D eigenvalue weighted by Gasteiger charge is 2.25. The van der Waals surface area contributed by atoms with E-state index in [1.165, 1.54) is 5.56 Å². The van der Waals surface area contributed by atoms with Crippen LogP contribution in [0, 0.1) is 10.5 Å². The van der Waals surface area contributed by atoms with Gasteiger partial charge < -0.3 is 9.64 Å². The van der Waals surface area contributed by atoms with Crippen molar-refractivity contribution in [2.75, 3.05) is 11.5 Å². The lowest BCUT2D eigenvalue weighted by Crippen LogP contribution is -2.38. The van der Waals surface area contributed by atoms with E-state index in [9.17, 15) is 4.79 Å². The first-order chi connectivity index (χ1) is 9.63. The number of benzene rings is 2. The Hall–Kier alpha value is -1.56. The van der Waals surface area contributed by atoms with Crippen molar-refractivity contribution in [1.82, 2.24) is 0 Å². The summed E-state index contributed by atoms with van der Waals surface area (Å²) in [6.45, 7) is 2.75. The fourth-order valence-corrected chi connectivity index (χ4v) is 2.82. The molecule has 2 aromatic carbocycles. The molecule has 0 atom stereocenters. The molecule has 0 aliphatic carbocycles. The van der Waals surface area contributed by atoms with Crippen LogP contribution < -0.4 is 9.64 Å². The maximum atomic E-state index is 12.2. The van der Waals surface area contributed by atoms with Gasteiger partial charge in [0.25, 0.3) is 5.91 Å². The highest BCUT2D eigenvalue weighted by atomic mass is 127. The molecule has 0 unspecified atom stereocenters. The van der Waals surface area contributed by atoms with Crippen molar-refractivity contribution < 1.29 is 9.53 Å². The number of carbonyl (C=O) groups is 1. The van der Waals surface area contributed by atoms with E-state index in [1.807, 2.05) is 30.3 Å². The zero-order valence-corrected chi connectivity index (χ0v) is 13.3. The second-order valence-electron chi connectivity index (χ2n) is 4.87. The molecule has 0 saturated carbocycles. The molecule has 1 aliphatic heterocycles. The van der Waals surface area contributed by atoms with Crippen LogP contribution >= 0.6 is 22.6 Å². The lowest BCUT2D eigenvalue weighted by atomic mass is 10.1. The molecule has 0 N–H and O–H groups in total. The van der Waals surface area contributed by atoms with E-state index in [0.29, 0.717) is 6.54 Å². The number of halogens is 1. The van der Waals surface area contributed by atoms with Gasteiger partial charge in [-0.25, -0.2) is 0 Å². The molecule has 4 heteroatoms. The van der Waals surface area contributed by atoms with Crippen LogP contribution in [-0.2, 0) is 11.3 Å². The van der Waals surface area contributed by atoms with Gasteiger partial charge in [0.15, 0.2) is 6.61 Å². The van der Waals surface area contributed by atoms with Gasteiger partial charge in [-0.1, -0.05) is 29.8 Å². The molecular formula is C16H14INO2. The molecule has 0 radical (unpaired) electrons. The number of nitrogens with zero attached hydrogens (tertiary/aromatic N) is 1. The number of hydrogen-bond donors (Lipinski definition) is 0. The summed E-state index contributed by atoms with van der Waals surface area (Å²) in [5.74, 6) is 0.777. The average Bonchev–Trinajstić information content (AvgIpc) is 2.42. The number of rotatable bonds is 2. The highest BCUT2D eigenvalue weighted by Crippen LogP contribution is 2.34. The second-order valence-corrected chi connectivity index (χ2v) is 6.12. The topological polar surface area (TPSA) is 29.5 Å². The molecule has 2 aromatic rings. The van der Waals surface area contributed by atoms with Crippen LogP contribution in [0.15, 0.2) is 42.5 Å². The fraction of sp³-hybridized carbons (Fsp3) is 0.188. The molecule has 1 heterocycles. The molecule has 1 amide bonds. The van der Waals surface area contributed by atoms with E-state index in [4.69, 9.17) is 4.74 Å². The lowest BCUT2D eigenvalue weighted by molar-refractivity contribution is -0.121. The van der Waals surface area contributed by atoms with E-state index < -0.39 is 0 Å². The summed E-state index contributed by atoms with van der Waals surface area (Å²) in [6.07, 6.45) is 0. The predicted octanol–water partition coefficient (Wildman–Crippen LogP) is 3.53. The van der Waals surface area contributed by atoms with Crippen LogP contribution in [0.3, 0.4) is 0 Å². The second kappa shape index (κ2) is 5.44. The molecule has 0 aromatic heterocycles. The average molecular weight is 379 g/mol. The smallest absolute Gasteiger partial charge is 0.265 e. The van der Waals surface area contributed by atoms with Gasteiger partial charge in [-0.3, -0.25) is 4.79 Å². The fourth-order valence-electron chi connectivity index (χ4n) is 2.34. The van der Waals surface area contributed by atoms with Crippen molar-refractivity contribution in [2.24, 2.45) is 0 Å². The van der Waals surface area contributed by atoms with Crippen molar-refractivity contribution in [2.45, 2.75) is 13.5 Å². The molecule has 0 saturated heterocycles. The highest BCUT2D eigenvalue weighted by molar-refractivity contribution is 14.1. The number of amides is 1. The molecule has 1 aliphatic rings. The summed E-state index contributed by atoms with van der Waals surface area (Å²) in [6, 6.07) is 14.1. The number of fused-ring (bicyclic) bond motifs is 1. The third kappa shape index (κ3) is 2.65. The Morgan fingerprint density at radius 1 is 1.25 bits per heavy atom. The monoisotopic (exact) mass is 379 g/mol. The Bertz CT molecular complexity index is 669. The standard InChI is InChI=1S/C16H14INO2/c1-11-3-2-4-12(7-11)9-18-14-8-13(17)5-6-15(14)20-10-16(18)19/h2-8H,9-10H2,1H3. The van der Waals surface area contributed by atoms with Crippen molar-refractivity contribution in [1.29, 1.82) is 0 Å². The zero-order chi connectivity index (χ0) is 14.1. The maximum absolute atomic E-state index is 12.2. The lowest BCUT2D eigenvalue weighted by Gasteiger charge is -2.29. The Labute approximate surface area is 131 Å². The Kier molecular flexibility index (Phi) is 3.65. The first-order valence-electron chi connectivity index (χ1n) is 6.42. The molecule has 3 rings (SSSR count). The third-order valence-corrected chi connectivity index (χ3v) is 3.96. The van der Waals surface area contributed by atoms with Crippen LogP contribution in [0.25, 0.3) is 0 Å². The normalized spacial score (nSPS) is 13.9. The molecule has 0 bridgehead atoms. The minimum Gasteiger partial charge on any atom is -0.482 e. The van der Waals surface area contributed by atoms with Crippen molar-refractivity contribution in [3.8, 4) is 5.75 Å². The summed E-state index contributed by atoms with van der Waals surface area (Å²) in [4.78, 5) is 14.0. The van der Waals surface area contributed by atoms with Gasteiger partial charge in [0.1, 0.15) is 5.75 Å². The Balaban J connectivity index is 1.97. The largest absolute Gasteiger partial charge is 0.482 e. The predicted molar refractivity (Wildman–Crippen MR) is 87.0 cm³/mol. The van der Waals surface area contributed by atoms with E-state index in [0.717, 1.165) is 20.6 Å². The first-order valence-corrected chi connectivity index (χ1v) is 7.49. The van der Waals surface area contributed by atoms with Crippen LogP contribution in [0.1, 0.15) is 11.1 Å². The number of aryl methyl sites for hydroxylation is 1. The van der Waals surface area contributed by atoms with Crippen molar-refractivity contribution in [3.63, 3.8) is 0 Å². The van der Waals surface area contributed by atoms with Crippen molar-refractivity contribution >= 4 is 34.2 Å². The SMILES string of the molecule is Cc1cccc(CN2C(=O)COc3ccc(I)cc32)c1. The maximum Gasteiger partial charge on any atom is 0.265 e. The molecular weight excluding hydrogens is 365 g/mol. The molecule has 0 fully saturated rings. The van der Waals surface area contributed by atoms with Crippen molar-refractivity contribution in [3.05, 3.63) is 57.2 Å².